The SMILES string of the molecule is C1=CC2=CC=C3C(=c4cccc5c4=C3CCC5)C2CC1. The summed E-state index contributed by atoms with van der Waals surface area (Å²) in [5.41, 5.74) is 7.95. The van der Waals surface area contributed by atoms with Crippen molar-refractivity contribution in [3.8, 4) is 0 Å². The van der Waals surface area contributed by atoms with E-state index in [-0.39, 0.29) is 0 Å². The van der Waals surface area contributed by atoms with E-state index in [1.54, 1.807) is 32.7 Å². The number of hydrogen-bond donors (Lipinski definition) is 0. The minimum Gasteiger partial charge on any atom is -0.0842 e. The average molecular weight is 258 g/mol. The Morgan fingerprint density at radius 2 is 2.05 bits per heavy atom. The maximum Gasteiger partial charge on any atom is 0.0104 e. The Labute approximate surface area is 119 Å². The van der Waals surface area contributed by atoms with Gasteiger partial charge in [-0.3, -0.25) is 0 Å². The highest BCUT2D eigenvalue weighted by atomic mass is 14.4. The molecule has 1 aromatic rings. The van der Waals surface area contributed by atoms with Crippen molar-refractivity contribution in [3.05, 3.63) is 69.7 Å². The van der Waals surface area contributed by atoms with E-state index >= 15 is 0 Å². The van der Waals surface area contributed by atoms with Gasteiger partial charge in [0.1, 0.15) is 0 Å². The molecule has 4 aliphatic rings. The van der Waals surface area contributed by atoms with Crippen molar-refractivity contribution in [3.63, 3.8) is 0 Å². The monoisotopic (exact) mass is 258 g/mol. The average Bonchev–Trinajstić information content (AvgIpc) is 2.85. The largest absolute Gasteiger partial charge is 0.0842 e. The first-order valence-electron chi connectivity index (χ1n) is 7.88. The lowest BCUT2D eigenvalue weighted by Gasteiger charge is -2.28. The highest BCUT2D eigenvalue weighted by molar-refractivity contribution is 5.93. The highest BCUT2D eigenvalue weighted by Crippen LogP contribution is 2.43. The molecule has 5 rings (SSSR count). The van der Waals surface area contributed by atoms with Gasteiger partial charge in [-0.05, 0) is 70.4 Å². The standard InChI is InChI=1S/C20H18/c1-2-8-15-13(5-1)11-12-17-16-9-3-6-14-7-4-10-18(19(14)16)20(15)17/h1,4-5,7,10-12,15H,2-3,6,8-9H2. The first-order valence-corrected chi connectivity index (χ1v) is 7.88. The van der Waals surface area contributed by atoms with E-state index in [2.05, 4.69) is 42.5 Å². The van der Waals surface area contributed by atoms with Crippen LogP contribution in [0, 0.1) is 5.92 Å². The first kappa shape index (κ1) is 10.9. The number of allylic oxidation sites excluding steroid dienone is 6. The Balaban J connectivity index is 1.91. The van der Waals surface area contributed by atoms with E-state index in [4.69, 9.17) is 0 Å². The minimum absolute atomic E-state index is 0.643. The van der Waals surface area contributed by atoms with Gasteiger partial charge in [0.25, 0.3) is 0 Å². The molecule has 0 fully saturated rings. The summed E-state index contributed by atoms with van der Waals surface area (Å²) in [6.07, 6.45) is 15.8. The lowest BCUT2D eigenvalue weighted by Crippen LogP contribution is -2.31. The quantitative estimate of drug-likeness (QED) is 0.670. The predicted octanol–water partition coefficient (Wildman–Crippen LogP) is 3.17. The maximum atomic E-state index is 2.39. The zero-order valence-corrected chi connectivity index (χ0v) is 11.7. The third-order valence-electron chi connectivity index (χ3n) is 5.36. The van der Waals surface area contributed by atoms with Gasteiger partial charge in [0.15, 0.2) is 0 Å². The Hall–Kier alpha value is -1.82. The van der Waals surface area contributed by atoms with Gasteiger partial charge in [0.2, 0.25) is 0 Å². The molecule has 4 aliphatic carbocycles. The van der Waals surface area contributed by atoms with Crippen molar-refractivity contribution >= 4 is 11.1 Å². The molecule has 0 aromatic heterocycles. The predicted molar refractivity (Wildman–Crippen MR) is 83.5 cm³/mol. The van der Waals surface area contributed by atoms with Crippen LogP contribution >= 0.6 is 0 Å². The second-order valence-electron chi connectivity index (χ2n) is 6.36. The van der Waals surface area contributed by atoms with Crippen LogP contribution in [0.4, 0.5) is 0 Å². The molecule has 0 spiro atoms. The third kappa shape index (κ3) is 1.27. The summed E-state index contributed by atoms with van der Waals surface area (Å²) in [5, 5.41) is 3.15. The van der Waals surface area contributed by atoms with Gasteiger partial charge in [-0.2, -0.15) is 0 Å². The van der Waals surface area contributed by atoms with E-state index in [9.17, 15) is 0 Å². The van der Waals surface area contributed by atoms with Gasteiger partial charge >= 0.3 is 0 Å². The lowest BCUT2D eigenvalue weighted by molar-refractivity contribution is 0.688. The van der Waals surface area contributed by atoms with Gasteiger partial charge in [-0.15, -0.1) is 0 Å². The molecule has 0 heteroatoms. The number of benzene rings is 1. The summed E-state index contributed by atoms with van der Waals surface area (Å²) in [6.45, 7) is 0. The van der Waals surface area contributed by atoms with E-state index < -0.39 is 0 Å². The molecule has 0 nitrogen and oxygen atoms in total. The molecular weight excluding hydrogens is 240 g/mol. The Morgan fingerprint density at radius 3 is 3.05 bits per heavy atom. The lowest BCUT2D eigenvalue weighted by atomic mass is 9.76. The summed E-state index contributed by atoms with van der Waals surface area (Å²) in [6, 6.07) is 6.97. The molecule has 1 unspecified atom stereocenters. The van der Waals surface area contributed by atoms with Crippen LogP contribution < -0.4 is 10.4 Å². The molecule has 0 N–H and O–H groups in total. The van der Waals surface area contributed by atoms with E-state index in [0.717, 1.165) is 0 Å². The smallest absolute Gasteiger partial charge is 0.0104 e. The number of fused-ring (bicyclic) bond motifs is 4. The Morgan fingerprint density at radius 1 is 1.05 bits per heavy atom. The minimum atomic E-state index is 0.643. The molecule has 0 amide bonds. The molecule has 20 heavy (non-hydrogen) atoms. The van der Waals surface area contributed by atoms with Crippen LogP contribution in [0.2, 0.25) is 0 Å². The summed E-state index contributed by atoms with van der Waals surface area (Å²) in [5.74, 6) is 0.643. The van der Waals surface area contributed by atoms with Gasteiger partial charge in [0.05, 0.1) is 0 Å². The molecule has 98 valence electrons. The fraction of sp³-hybridized carbons (Fsp3) is 0.300. The van der Waals surface area contributed by atoms with Gasteiger partial charge in [0, 0.05) is 5.92 Å². The fourth-order valence-electron chi connectivity index (χ4n) is 4.54. The van der Waals surface area contributed by atoms with Crippen molar-refractivity contribution < 1.29 is 0 Å². The van der Waals surface area contributed by atoms with Gasteiger partial charge in [-0.25, -0.2) is 0 Å². The Kier molecular flexibility index (Phi) is 2.10. The van der Waals surface area contributed by atoms with Gasteiger partial charge < -0.3 is 0 Å². The van der Waals surface area contributed by atoms with Crippen molar-refractivity contribution in [1.82, 2.24) is 0 Å². The summed E-state index contributed by atoms with van der Waals surface area (Å²) in [7, 11) is 0. The van der Waals surface area contributed by atoms with Crippen LogP contribution in [0.3, 0.4) is 0 Å². The maximum absolute atomic E-state index is 2.39. The summed E-state index contributed by atoms with van der Waals surface area (Å²) >= 11 is 0. The molecule has 0 heterocycles. The normalized spacial score (nSPS) is 25.7. The molecule has 0 radical (unpaired) electrons. The second-order valence-corrected chi connectivity index (χ2v) is 6.36. The van der Waals surface area contributed by atoms with Gasteiger partial charge in [-0.1, -0.05) is 42.5 Å². The first-order chi connectivity index (χ1) is 9.93. The molecule has 0 aliphatic heterocycles. The van der Waals surface area contributed by atoms with Crippen molar-refractivity contribution in [2.24, 2.45) is 5.92 Å². The molecule has 0 bridgehead atoms. The molecule has 1 aromatic carbocycles. The highest BCUT2D eigenvalue weighted by Gasteiger charge is 2.31. The molecular formula is C20H18. The Bertz CT molecular complexity index is 827. The van der Waals surface area contributed by atoms with Crippen molar-refractivity contribution in [1.29, 1.82) is 0 Å². The summed E-state index contributed by atoms with van der Waals surface area (Å²) < 4.78 is 0. The third-order valence-corrected chi connectivity index (χ3v) is 5.36. The fourth-order valence-corrected chi connectivity index (χ4v) is 4.54. The van der Waals surface area contributed by atoms with Crippen LogP contribution in [-0.2, 0) is 6.42 Å². The summed E-state index contributed by atoms with van der Waals surface area (Å²) in [4.78, 5) is 0. The number of aryl methyl sites for hydroxylation is 1. The van der Waals surface area contributed by atoms with E-state index in [1.165, 1.54) is 37.7 Å². The molecule has 1 atom stereocenters. The van der Waals surface area contributed by atoms with Crippen LogP contribution in [-0.4, -0.2) is 0 Å². The van der Waals surface area contributed by atoms with Crippen LogP contribution in [0.15, 0.2) is 53.6 Å². The van der Waals surface area contributed by atoms with Crippen LogP contribution in [0.1, 0.15) is 31.2 Å². The zero-order valence-electron chi connectivity index (χ0n) is 11.7. The van der Waals surface area contributed by atoms with Crippen LogP contribution in [0.5, 0.6) is 0 Å². The zero-order chi connectivity index (χ0) is 13.1. The molecule has 0 saturated heterocycles. The van der Waals surface area contributed by atoms with Crippen LogP contribution in [0.25, 0.3) is 11.1 Å². The topological polar surface area (TPSA) is 0 Å². The number of hydrogen-bond acceptors (Lipinski definition) is 0. The van der Waals surface area contributed by atoms with Crippen molar-refractivity contribution in [2.45, 2.75) is 32.1 Å². The van der Waals surface area contributed by atoms with E-state index in [0.29, 0.717) is 5.92 Å². The second kappa shape index (κ2) is 3.85. The van der Waals surface area contributed by atoms with E-state index in [1.807, 2.05) is 0 Å². The van der Waals surface area contributed by atoms with Crippen molar-refractivity contribution in [2.75, 3.05) is 0 Å². The molecule has 0 saturated carbocycles. The number of rotatable bonds is 0.